The average molecular weight is 950 g/mol. The van der Waals surface area contributed by atoms with Crippen molar-refractivity contribution in [1.29, 1.82) is 0 Å². The number of methoxy groups -OCH3 is 1. The van der Waals surface area contributed by atoms with Gasteiger partial charge < -0.3 is 39.0 Å². The van der Waals surface area contributed by atoms with Gasteiger partial charge in [0.1, 0.15) is 29.5 Å². The zero-order valence-corrected chi connectivity index (χ0v) is 42.2. The Labute approximate surface area is 406 Å². The fourth-order valence-corrected chi connectivity index (χ4v) is 10.1. The quantitative estimate of drug-likeness (QED) is 0.144. The number of nitrogens with zero attached hydrogens (tertiary/aromatic N) is 5. The number of amides is 4. The highest BCUT2D eigenvalue weighted by Gasteiger charge is 2.41. The van der Waals surface area contributed by atoms with Crippen LogP contribution >= 0.6 is 0 Å². The number of rotatable bonds is 9. The molecule has 69 heavy (non-hydrogen) atoms. The van der Waals surface area contributed by atoms with E-state index >= 15 is 0 Å². The molecule has 0 spiro atoms. The smallest absolute Gasteiger partial charge is 0.410 e. The van der Waals surface area contributed by atoms with Crippen LogP contribution in [-0.4, -0.2) is 123 Å². The highest BCUT2D eigenvalue weighted by atomic mass is 16.6. The van der Waals surface area contributed by atoms with E-state index in [0.29, 0.717) is 49.9 Å². The second-order valence-corrected chi connectivity index (χ2v) is 21.1. The molecule has 5 heterocycles. The van der Waals surface area contributed by atoms with Gasteiger partial charge in [0.2, 0.25) is 11.8 Å². The number of likely N-dealkylation sites (tertiary alicyclic amines) is 1. The van der Waals surface area contributed by atoms with E-state index in [-0.39, 0.29) is 49.8 Å². The fraction of sp³-hybridized carbons (Fsp3) is 0.547. The SMILES string of the molecule is CCn1c(-c2cccnc2[C@H](C)OC)c2c3cc(ccc31)-c1cc(O)cc(c1)C[C@H](NC(=O)C(C(C)C)N(C)C(=O)[C@H]1CCN(C(=O)OC(C)(C)C)C1)C(=O)N1CCC[C@H](N1)C(=O)OCC(C)(C)C2. The van der Waals surface area contributed by atoms with Crippen LogP contribution in [-0.2, 0) is 52.8 Å². The first-order valence-electron chi connectivity index (χ1n) is 24.3. The molecule has 0 saturated carbocycles. The van der Waals surface area contributed by atoms with Crippen molar-refractivity contribution >= 4 is 40.7 Å². The van der Waals surface area contributed by atoms with E-state index in [4.69, 9.17) is 19.2 Å². The Balaban J connectivity index is 1.28. The van der Waals surface area contributed by atoms with E-state index < -0.39 is 58.9 Å². The highest BCUT2D eigenvalue weighted by molar-refractivity contribution is 5.96. The van der Waals surface area contributed by atoms with Crippen LogP contribution in [0.15, 0.2) is 54.7 Å². The first-order chi connectivity index (χ1) is 32.6. The molecule has 3 aliphatic heterocycles. The molecule has 5 atom stereocenters. The second-order valence-electron chi connectivity index (χ2n) is 21.1. The first kappa shape index (κ1) is 50.9. The molecule has 4 aromatic rings. The Morgan fingerprint density at radius 2 is 1.80 bits per heavy atom. The van der Waals surface area contributed by atoms with Crippen molar-refractivity contribution < 1.29 is 43.3 Å². The van der Waals surface area contributed by atoms with Gasteiger partial charge in [0.25, 0.3) is 5.91 Å². The summed E-state index contributed by atoms with van der Waals surface area (Å²) in [6.45, 7) is 18.8. The van der Waals surface area contributed by atoms with Crippen molar-refractivity contribution in [2.45, 2.75) is 131 Å². The summed E-state index contributed by atoms with van der Waals surface area (Å²) < 4.78 is 19.8. The van der Waals surface area contributed by atoms with Crippen LogP contribution in [0, 0.1) is 17.3 Å². The second kappa shape index (κ2) is 20.5. The van der Waals surface area contributed by atoms with Crippen molar-refractivity contribution in [3.8, 4) is 28.1 Å². The molecule has 0 radical (unpaired) electrons. The molecule has 6 bridgehead atoms. The zero-order valence-electron chi connectivity index (χ0n) is 42.2. The number of hydrogen-bond donors (Lipinski definition) is 3. The lowest BCUT2D eigenvalue weighted by Gasteiger charge is -2.37. The van der Waals surface area contributed by atoms with Crippen LogP contribution in [0.1, 0.15) is 105 Å². The Morgan fingerprint density at radius 1 is 1.04 bits per heavy atom. The number of aryl methyl sites for hydroxylation is 1. The normalized spacial score (nSPS) is 20.8. The van der Waals surface area contributed by atoms with Crippen molar-refractivity contribution in [2.75, 3.05) is 40.4 Å². The number of aromatic hydroxyl groups is 1. The van der Waals surface area contributed by atoms with Crippen molar-refractivity contribution in [3.63, 3.8) is 0 Å². The molecule has 3 aliphatic rings. The van der Waals surface area contributed by atoms with Crippen molar-refractivity contribution in [1.82, 2.24) is 35.1 Å². The summed E-state index contributed by atoms with van der Waals surface area (Å²) in [5.41, 5.74) is 8.81. The van der Waals surface area contributed by atoms with E-state index in [1.165, 1.54) is 14.8 Å². The largest absolute Gasteiger partial charge is 0.508 e. The van der Waals surface area contributed by atoms with Crippen LogP contribution in [0.4, 0.5) is 4.79 Å². The van der Waals surface area contributed by atoms with Gasteiger partial charge >= 0.3 is 12.1 Å². The van der Waals surface area contributed by atoms with Gasteiger partial charge in [-0.15, -0.1) is 0 Å². The maximum atomic E-state index is 14.8. The summed E-state index contributed by atoms with van der Waals surface area (Å²) in [7, 11) is 3.25. The van der Waals surface area contributed by atoms with Crippen LogP contribution in [0.5, 0.6) is 5.75 Å². The van der Waals surface area contributed by atoms with Crippen LogP contribution in [0.2, 0.25) is 0 Å². The van der Waals surface area contributed by atoms with Crippen molar-refractivity contribution in [2.24, 2.45) is 17.3 Å². The number of benzene rings is 2. The molecule has 0 aliphatic carbocycles. The fourth-order valence-electron chi connectivity index (χ4n) is 10.1. The van der Waals surface area contributed by atoms with E-state index in [9.17, 15) is 29.1 Å². The number of carbonyl (C=O) groups excluding carboxylic acids is 5. The summed E-state index contributed by atoms with van der Waals surface area (Å²) in [4.78, 5) is 78.0. The monoisotopic (exact) mass is 950 g/mol. The summed E-state index contributed by atoms with van der Waals surface area (Å²) in [5, 5.41) is 16.7. The third-order valence-electron chi connectivity index (χ3n) is 13.5. The number of cyclic esters (lactones) is 1. The predicted molar refractivity (Wildman–Crippen MR) is 263 cm³/mol. The van der Waals surface area contributed by atoms with E-state index in [1.54, 1.807) is 53.3 Å². The van der Waals surface area contributed by atoms with Gasteiger partial charge in [-0.2, -0.15) is 0 Å². The average Bonchev–Trinajstić information content (AvgIpc) is 3.92. The number of ether oxygens (including phenoxy) is 3. The number of hydrazine groups is 1. The van der Waals surface area contributed by atoms with E-state index in [0.717, 1.165) is 39.0 Å². The molecule has 2 fully saturated rings. The molecule has 16 nitrogen and oxygen atoms in total. The third kappa shape index (κ3) is 11.2. The van der Waals surface area contributed by atoms with Gasteiger partial charge in [-0.25, -0.2) is 10.2 Å². The van der Waals surface area contributed by atoms with Gasteiger partial charge in [0.15, 0.2) is 0 Å². The Hall–Kier alpha value is -6.00. The maximum absolute atomic E-state index is 14.8. The molecular formula is C53H71N7O9. The van der Waals surface area contributed by atoms with Gasteiger partial charge in [-0.05, 0) is 125 Å². The maximum Gasteiger partial charge on any atom is 0.410 e. The van der Waals surface area contributed by atoms with Crippen molar-refractivity contribution in [3.05, 3.63) is 71.5 Å². The molecule has 16 heteroatoms. The minimum Gasteiger partial charge on any atom is -0.508 e. The minimum absolute atomic E-state index is 0.0162. The van der Waals surface area contributed by atoms with E-state index in [1.807, 2.05) is 39.0 Å². The number of fused-ring (bicyclic) bond motifs is 6. The number of carbonyl (C=O) groups is 5. The summed E-state index contributed by atoms with van der Waals surface area (Å²) in [5.74, 6) is -2.73. The summed E-state index contributed by atoms with van der Waals surface area (Å²) >= 11 is 0. The molecule has 2 saturated heterocycles. The number of likely N-dealkylation sites (N-methyl/N-ethyl adjacent to an activating group) is 1. The summed E-state index contributed by atoms with van der Waals surface area (Å²) in [6.07, 6.45) is 2.86. The third-order valence-corrected chi connectivity index (χ3v) is 13.5. The van der Waals surface area contributed by atoms with Gasteiger partial charge in [-0.3, -0.25) is 29.2 Å². The number of aromatic nitrogens is 2. The molecule has 2 aromatic carbocycles. The number of phenols is 1. The molecule has 1 unspecified atom stereocenters. The molecular weight excluding hydrogens is 879 g/mol. The molecule has 4 amide bonds. The van der Waals surface area contributed by atoms with Crippen LogP contribution < -0.4 is 10.7 Å². The lowest BCUT2D eigenvalue weighted by atomic mass is 9.84. The molecule has 7 rings (SSSR count). The molecule has 2 aromatic heterocycles. The van der Waals surface area contributed by atoms with Crippen LogP contribution in [0.25, 0.3) is 33.3 Å². The number of phenolic OH excluding ortho intramolecular Hbond substituents is 1. The zero-order chi connectivity index (χ0) is 50.1. The van der Waals surface area contributed by atoms with Gasteiger partial charge in [0.05, 0.1) is 30.0 Å². The Morgan fingerprint density at radius 3 is 2.49 bits per heavy atom. The predicted octanol–water partition coefficient (Wildman–Crippen LogP) is 7.19. The van der Waals surface area contributed by atoms with E-state index in [2.05, 4.69) is 54.3 Å². The lowest BCUT2D eigenvalue weighted by molar-refractivity contribution is -0.155. The van der Waals surface area contributed by atoms with Gasteiger partial charge in [0, 0.05) is 74.8 Å². The number of hydrogen-bond acceptors (Lipinski definition) is 11. The standard InChI is InChI=1S/C53H71N7O9/c1-12-59-43-18-17-34-27-39(43)40(46(59)38-15-13-20-54-44(38)32(4)67-11)28-53(8,9)30-68-50(65)41-16-14-21-60(56-41)49(64)42(25-33-23-36(34)26-37(61)24-33)55-47(62)45(31(2)3)57(10)48(63)35-19-22-58(29-35)51(66)69-52(5,6)7/h13,15,17-18,20,23-24,26-27,31-32,35,41-42,45,56,61H,12,14,16,19,21-22,25,28-30H2,1-11H3,(H,55,62)/t32-,35-,41-,42-,45?/m0/s1. The summed E-state index contributed by atoms with van der Waals surface area (Å²) in [6, 6.07) is 12.5. The number of nitrogens with one attached hydrogen (secondary N) is 2. The number of esters is 1. The Kier molecular flexibility index (Phi) is 15.1. The first-order valence-corrected chi connectivity index (χ1v) is 24.3. The molecule has 3 N–H and O–H groups in total. The van der Waals surface area contributed by atoms with Gasteiger partial charge in [-0.1, -0.05) is 39.8 Å². The molecule has 372 valence electrons. The highest BCUT2D eigenvalue weighted by Crippen LogP contribution is 2.42. The number of pyridine rings is 1. The van der Waals surface area contributed by atoms with Crippen LogP contribution in [0.3, 0.4) is 0 Å². The topological polar surface area (TPSA) is 185 Å². The minimum atomic E-state index is -1.18. The lowest BCUT2D eigenvalue weighted by Crippen LogP contribution is -2.62. The Bertz CT molecular complexity index is 2580.